The lowest BCUT2D eigenvalue weighted by atomic mass is 10.00. The van der Waals surface area contributed by atoms with Crippen LogP contribution in [0.15, 0.2) is 59.8 Å². The molecule has 1 aromatic carbocycles. The van der Waals surface area contributed by atoms with Gasteiger partial charge in [-0.3, -0.25) is 4.40 Å². The molecule has 0 atom stereocenters. The van der Waals surface area contributed by atoms with Crippen molar-refractivity contribution >= 4 is 21.5 Å². The van der Waals surface area contributed by atoms with Crippen LogP contribution in [0.3, 0.4) is 0 Å². The largest absolute Gasteiger partial charge is 0.367 e. The van der Waals surface area contributed by atoms with Gasteiger partial charge in [-0.15, -0.1) is 10.2 Å². The SMILES string of the molecule is Cc1cc(-c2ccc(S(=O)(=O)N3CCC(Nc4ccc(C5(C#N)CC5)cn4)CC3)cc2)cn2c(C(C)C)nnc12. The summed E-state index contributed by atoms with van der Waals surface area (Å²) < 4.78 is 30.4. The molecule has 10 heteroatoms. The van der Waals surface area contributed by atoms with Gasteiger partial charge in [0, 0.05) is 37.4 Å². The number of aromatic nitrogens is 4. The Labute approximate surface area is 234 Å². The zero-order chi connectivity index (χ0) is 28.1. The summed E-state index contributed by atoms with van der Waals surface area (Å²) in [7, 11) is -3.59. The van der Waals surface area contributed by atoms with Crippen LogP contribution in [0.25, 0.3) is 16.8 Å². The van der Waals surface area contributed by atoms with Crippen molar-refractivity contribution in [2.24, 2.45) is 0 Å². The maximum absolute atomic E-state index is 13.4. The van der Waals surface area contributed by atoms with Gasteiger partial charge in [0.2, 0.25) is 10.0 Å². The van der Waals surface area contributed by atoms with E-state index in [9.17, 15) is 13.7 Å². The normalized spacial score (nSPS) is 17.7. The van der Waals surface area contributed by atoms with Gasteiger partial charge >= 0.3 is 0 Å². The fraction of sp³-hybridized carbons (Fsp3) is 0.400. The standard InChI is InChI=1S/C30H33N7O2S/c1-20(2)28-34-35-29-21(3)16-23(18-37(28)29)22-4-7-26(8-5-22)40(38,39)36-14-10-25(11-15-36)33-27-9-6-24(17-32-27)30(19-31)12-13-30/h4-9,16-18,20,25H,10-15H2,1-3H3,(H,32,33). The molecule has 1 aliphatic carbocycles. The molecule has 2 aliphatic rings. The summed E-state index contributed by atoms with van der Waals surface area (Å²) >= 11 is 0. The molecule has 4 aromatic rings. The maximum Gasteiger partial charge on any atom is 0.243 e. The Balaban J connectivity index is 1.11. The summed E-state index contributed by atoms with van der Waals surface area (Å²) in [6.45, 7) is 7.08. The number of hydrogen-bond donors (Lipinski definition) is 1. The second-order valence-corrected chi connectivity index (χ2v) is 13.2. The van der Waals surface area contributed by atoms with E-state index < -0.39 is 10.0 Å². The first-order valence-corrected chi connectivity index (χ1v) is 15.2. The minimum absolute atomic E-state index is 0.143. The number of rotatable bonds is 7. The first-order valence-electron chi connectivity index (χ1n) is 13.8. The second-order valence-electron chi connectivity index (χ2n) is 11.3. The van der Waals surface area contributed by atoms with Gasteiger partial charge in [0.05, 0.1) is 16.4 Å². The van der Waals surface area contributed by atoms with E-state index in [-0.39, 0.29) is 17.4 Å². The van der Waals surface area contributed by atoms with Crippen LogP contribution in [0.1, 0.15) is 62.4 Å². The first-order chi connectivity index (χ1) is 19.2. The van der Waals surface area contributed by atoms with Crippen molar-refractivity contribution in [3.05, 3.63) is 71.8 Å². The third-order valence-electron chi connectivity index (χ3n) is 8.14. The number of aryl methyl sites for hydroxylation is 1. The van der Waals surface area contributed by atoms with Gasteiger partial charge in [-0.1, -0.05) is 32.0 Å². The fourth-order valence-corrected chi connectivity index (χ4v) is 6.97. The predicted octanol–water partition coefficient (Wildman–Crippen LogP) is 5.04. The number of nitriles is 1. The third-order valence-corrected chi connectivity index (χ3v) is 10.1. The van der Waals surface area contributed by atoms with Crippen molar-refractivity contribution in [2.75, 3.05) is 18.4 Å². The molecule has 0 radical (unpaired) electrons. The van der Waals surface area contributed by atoms with Gasteiger partial charge in [-0.2, -0.15) is 9.57 Å². The van der Waals surface area contributed by atoms with Crippen LogP contribution in [-0.2, 0) is 15.4 Å². The Kier molecular flexibility index (Phi) is 6.59. The molecule has 3 aromatic heterocycles. The highest BCUT2D eigenvalue weighted by Crippen LogP contribution is 2.47. The van der Waals surface area contributed by atoms with E-state index in [2.05, 4.69) is 46.5 Å². The number of nitrogens with zero attached hydrogens (tertiary/aromatic N) is 6. The molecule has 0 unspecified atom stereocenters. The van der Waals surface area contributed by atoms with Crippen molar-refractivity contribution in [1.82, 2.24) is 23.9 Å². The van der Waals surface area contributed by atoms with Gasteiger partial charge in [-0.05, 0) is 79.1 Å². The average Bonchev–Trinajstić information content (AvgIpc) is 3.64. The summed E-state index contributed by atoms with van der Waals surface area (Å²) in [6, 6.07) is 15.6. The third kappa shape index (κ3) is 4.73. The molecular weight excluding hydrogens is 522 g/mol. The predicted molar refractivity (Wildman–Crippen MR) is 153 cm³/mol. The van der Waals surface area contributed by atoms with Gasteiger partial charge in [0.1, 0.15) is 11.6 Å². The lowest BCUT2D eigenvalue weighted by molar-refractivity contribution is 0.329. The van der Waals surface area contributed by atoms with E-state index >= 15 is 0 Å². The average molecular weight is 556 g/mol. The van der Waals surface area contributed by atoms with Crippen LogP contribution >= 0.6 is 0 Å². The number of anilines is 1. The van der Waals surface area contributed by atoms with Crippen molar-refractivity contribution in [3.8, 4) is 17.2 Å². The molecule has 0 spiro atoms. The van der Waals surface area contributed by atoms with E-state index in [1.54, 1.807) is 22.6 Å². The lowest BCUT2D eigenvalue weighted by Crippen LogP contribution is -2.42. The summed E-state index contributed by atoms with van der Waals surface area (Å²) in [6.07, 6.45) is 6.99. The Morgan fingerprint density at radius 1 is 1.05 bits per heavy atom. The van der Waals surface area contributed by atoms with Gasteiger partial charge < -0.3 is 5.32 Å². The molecule has 1 saturated heterocycles. The Bertz CT molecular complexity index is 1690. The number of sulfonamides is 1. The highest BCUT2D eigenvalue weighted by atomic mass is 32.2. The summed E-state index contributed by atoms with van der Waals surface area (Å²) in [4.78, 5) is 4.81. The summed E-state index contributed by atoms with van der Waals surface area (Å²) in [5, 5.41) is 21.5. The van der Waals surface area contributed by atoms with E-state index in [0.717, 1.165) is 52.4 Å². The van der Waals surface area contributed by atoms with E-state index in [1.807, 2.05) is 41.8 Å². The van der Waals surface area contributed by atoms with Gasteiger partial charge in [0.25, 0.3) is 0 Å². The van der Waals surface area contributed by atoms with Crippen LogP contribution < -0.4 is 5.32 Å². The summed E-state index contributed by atoms with van der Waals surface area (Å²) in [5.41, 5.74) is 4.42. The molecular formula is C30H33N7O2S. The Morgan fingerprint density at radius 3 is 2.38 bits per heavy atom. The first kappa shape index (κ1) is 26.4. The Morgan fingerprint density at radius 2 is 1.77 bits per heavy atom. The number of piperidine rings is 1. The number of pyridine rings is 2. The number of fused-ring (bicyclic) bond motifs is 1. The number of hydrogen-bond acceptors (Lipinski definition) is 7. The van der Waals surface area contributed by atoms with Crippen LogP contribution in [-0.4, -0.2) is 51.4 Å². The topological polar surface area (TPSA) is 116 Å². The molecule has 2 fully saturated rings. The van der Waals surface area contributed by atoms with Crippen LogP contribution in [0, 0.1) is 18.3 Å². The number of nitrogens with one attached hydrogen (secondary N) is 1. The molecule has 0 bridgehead atoms. The van der Waals surface area contributed by atoms with Crippen LogP contribution in [0.2, 0.25) is 0 Å². The molecule has 40 heavy (non-hydrogen) atoms. The molecule has 0 amide bonds. The second kappa shape index (κ2) is 9.98. The van der Waals surface area contributed by atoms with Gasteiger partial charge in [-0.25, -0.2) is 13.4 Å². The Hall–Kier alpha value is -3.81. The molecule has 9 nitrogen and oxygen atoms in total. The number of benzene rings is 1. The van der Waals surface area contributed by atoms with Crippen molar-refractivity contribution in [1.29, 1.82) is 5.26 Å². The lowest BCUT2D eigenvalue weighted by Gasteiger charge is -2.32. The minimum atomic E-state index is -3.59. The quantitative estimate of drug-likeness (QED) is 0.339. The highest BCUT2D eigenvalue weighted by molar-refractivity contribution is 7.89. The summed E-state index contributed by atoms with van der Waals surface area (Å²) in [5.74, 6) is 1.89. The molecule has 1 N–H and O–H groups in total. The van der Waals surface area contributed by atoms with E-state index in [1.165, 1.54) is 0 Å². The fourth-order valence-electron chi connectivity index (χ4n) is 5.50. The van der Waals surface area contributed by atoms with Gasteiger partial charge in [0.15, 0.2) is 5.65 Å². The zero-order valence-electron chi connectivity index (χ0n) is 23.0. The monoisotopic (exact) mass is 555 g/mol. The van der Waals surface area contributed by atoms with Crippen LogP contribution in [0.5, 0.6) is 0 Å². The van der Waals surface area contributed by atoms with Crippen molar-refractivity contribution < 1.29 is 8.42 Å². The van der Waals surface area contributed by atoms with Crippen molar-refractivity contribution in [3.63, 3.8) is 0 Å². The minimum Gasteiger partial charge on any atom is -0.367 e. The highest BCUT2D eigenvalue weighted by Gasteiger charge is 2.45. The van der Waals surface area contributed by atoms with E-state index in [4.69, 9.17) is 0 Å². The molecule has 4 heterocycles. The maximum atomic E-state index is 13.4. The van der Waals surface area contributed by atoms with Crippen LogP contribution in [0.4, 0.5) is 5.82 Å². The molecule has 1 aliphatic heterocycles. The smallest absolute Gasteiger partial charge is 0.243 e. The molecule has 6 rings (SSSR count). The molecule has 1 saturated carbocycles. The molecule has 206 valence electrons. The van der Waals surface area contributed by atoms with Crippen molar-refractivity contribution in [2.45, 2.75) is 68.7 Å². The van der Waals surface area contributed by atoms with E-state index in [0.29, 0.717) is 30.8 Å². The zero-order valence-corrected chi connectivity index (χ0v) is 23.8.